The van der Waals surface area contributed by atoms with Gasteiger partial charge in [-0.3, -0.25) is 9.59 Å². The van der Waals surface area contributed by atoms with E-state index in [4.69, 9.17) is 0 Å². The Bertz CT molecular complexity index is 1000. The van der Waals surface area contributed by atoms with Crippen LogP contribution in [0.1, 0.15) is 17.4 Å². The van der Waals surface area contributed by atoms with Gasteiger partial charge in [-0.1, -0.05) is 0 Å². The number of aromatic nitrogens is 1. The van der Waals surface area contributed by atoms with E-state index in [-0.39, 0.29) is 22.2 Å². The van der Waals surface area contributed by atoms with Gasteiger partial charge in [0.1, 0.15) is 16.4 Å². The summed E-state index contributed by atoms with van der Waals surface area (Å²) < 4.78 is 40.7. The van der Waals surface area contributed by atoms with Crippen molar-refractivity contribution in [2.45, 2.75) is 11.8 Å². The smallest absolute Gasteiger partial charge is 0.272 e. The molecule has 0 unspecified atom stereocenters. The summed E-state index contributed by atoms with van der Waals surface area (Å²) in [5.41, 5.74) is 0.166. The lowest BCUT2D eigenvalue weighted by Gasteiger charge is -2.24. The summed E-state index contributed by atoms with van der Waals surface area (Å²) >= 11 is 1.69. The second kappa shape index (κ2) is 8.33. The van der Waals surface area contributed by atoms with Crippen LogP contribution in [0.25, 0.3) is 0 Å². The number of sulfonamides is 1. The summed E-state index contributed by atoms with van der Waals surface area (Å²) in [5, 5.41) is 4.87. The number of hydrogen-bond acceptors (Lipinski definition) is 5. The molecule has 0 aliphatic carbocycles. The van der Waals surface area contributed by atoms with Crippen molar-refractivity contribution in [2.75, 3.05) is 35.2 Å². The average Bonchev–Trinajstić information content (AvgIpc) is 3.16. The summed E-state index contributed by atoms with van der Waals surface area (Å²) in [6, 6.07) is 4.98. The second-order valence-electron chi connectivity index (χ2n) is 6.10. The first-order valence-electron chi connectivity index (χ1n) is 8.42. The molecular weight excluding hydrogens is 407 g/mol. The van der Waals surface area contributed by atoms with Crippen molar-refractivity contribution in [1.82, 2.24) is 9.29 Å². The van der Waals surface area contributed by atoms with Crippen molar-refractivity contribution in [1.29, 1.82) is 0 Å². The Morgan fingerprint density at radius 1 is 1.18 bits per heavy atom. The quantitative estimate of drug-likeness (QED) is 0.678. The van der Waals surface area contributed by atoms with Crippen LogP contribution in [0, 0.1) is 5.82 Å². The molecule has 3 rings (SSSR count). The normalized spacial score (nSPS) is 15.2. The third-order valence-electron chi connectivity index (χ3n) is 4.04. The highest BCUT2D eigenvalue weighted by Crippen LogP contribution is 2.23. The largest absolute Gasteiger partial charge is 0.356 e. The maximum Gasteiger partial charge on any atom is 0.272 e. The summed E-state index contributed by atoms with van der Waals surface area (Å²) in [6.45, 7) is 2.14. The van der Waals surface area contributed by atoms with Crippen LogP contribution in [0.3, 0.4) is 0 Å². The number of nitrogens with one attached hydrogen (secondary N) is 3. The molecule has 1 saturated heterocycles. The van der Waals surface area contributed by atoms with E-state index in [0.717, 1.165) is 17.6 Å². The highest BCUT2D eigenvalue weighted by Gasteiger charge is 2.28. The first-order chi connectivity index (χ1) is 13.3. The van der Waals surface area contributed by atoms with Gasteiger partial charge >= 0.3 is 0 Å². The minimum atomic E-state index is -3.69. The van der Waals surface area contributed by atoms with Gasteiger partial charge in [0.25, 0.3) is 5.91 Å². The molecule has 1 aliphatic heterocycles. The first-order valence-corrected chi connectivity index (χ1v) is 11.0. The molecule has 0 radical (unpaired) electrons. The van der Waals surface area contributed by atoms with Gasteiger partial charge in [-0.05, 0) is 24.3 Å². The first kappa shape index (κ1) is 20.4. The molecule has 0 bridgehead atoms. The van der Waals surface area contributed by atoms with E-state index in [0.29, 0.717) is 18.8 Å². The molecule has 2 amide bonds. The summed E-state index contributed by atoms with van der Waals surface area (Å²) in [6.07, 6.45) is 1.25. The number of carbonyl (C=O) groups excluding carboxylic acids is 2. The van der Waals surface area contributed by atoms with Crippen LogP contribution in [-0.4, -0.2) is 54.1 Å². The predicted octanol–water partition coefficient (Wildman–Crippen LogP) is 2.10. The van der Waals surface area contributed by atoms with Crippen molar-refractivity contribution in [2.24, 2.45) is 0 Å². The number of benzene rings is 1. The fourth-order valence-electron chi connectivity index (χ4n) is 2.68. The van der Waals surface area contributed by atoms with Gasteiger partial charge in [-0.25, -0.2) is 12.8 Å². The van der Waals surface area contributed by atoms with Gasteiger partial charge < -0.3 is 15.6 Å². The molecule has 1 aromatic carbocycles. The zero-order valence-electron chi connectivity index (χ0n) is 15.0. The molecule has 150 valence electrons. The molecule has 28 heavy (non-hydrogen) atoms. The molecule has 3 N–H and O–H groups in total. The third kappa shape index (κ3) is 4.54. The van der Waals surface area contributed by atoms with E-state index in [2.05, 4.69) is 15.6 Å². The van der Waals surface area contributed by atoms with Crippen LogP contribution in [0.5, 0.6) is 0 Å². The number of carbonyl (C=O) groups is 2. The van der Waals surface area contributed by atoms with Crippen molar-refractivity contribution < 1.29 is 22.4 Å². The Kier molecular flexibility index (Phi) is 6.06. The number of amides is 2. The van der Waals surface area contributed by atoms with Gasteiger partial charge in [-0.2, -0.15) is 16.1 Å². The fraction of sp³-hybridized carbons (Fsp3) is 0.294. The Labute approximate surface area is 165 Å². The third-order valence-corrected chi connectivity index (χ3v) is 6.86. The predicted molar refractivity (Wildman–Crippen MR) is 106 cm³/mol. The standard InChI is InChI=1S/C17H19FN4O4S2/c1-11(23)20-12-2-3-14(18)15(8-12)21-17(24)16-9-13(10-19-16)28(25,26)22-4-6-27-7-5-22/h2-3,8-10,19H,4-7H2,1H3,(H,20,23)(H,21,24). The average molecular weight is 426 g/mol. The number of thioether (sulfide) groups is 1. The van der Waals surface area contributed by atoms with Crippen LogP contribution in [0.4, 0.5) is 15.8 Å². The molecule has 0 atom stereocenters. The van der Waals surface area contributed by atoms with Crippen molar-refractivity contribution in [3.05, 3.63) is 42.0 Å². The summed E-state index contributed by atoms with van der Waals surface area (Å²) in [4.78, 5) is 26.1. The van der Waals surface area contributed by atoms with E-state index < -0.39 is 21.7 Å². The highest BCUT2D eigenvalue weighted by atomic mass is 32.2. The van der Waals surface area contributed by atoms with Gasteiger partial charge in [-0.15, -0.1) is 0 Å². The zero-order chi connectivity index (χ0) is 20.3. The van der Waals surface area contributed by atoms with E-state index in [1.54, 1.807) is 11.8 Å². The fourth-order valence-corrected chi connectivity index (χ4v) is 5.25. The van der Waals surface area contributed by atoms with Crippen molar-refractivity contribution in [3.8, 4) is 0 Å². The van der Waals surface area contributed by atoms with E-state index in [1.165, 1.54) is 35.6 Å². The Balaban J connectivity index is 1.77. The number of hydrogen-bond donors (Lipinski definition) is 3. The monoisotopic (exact) mass is 426 g/mol. The van der Waals surface area contributed by atoms with Crippen LogP contribution < -0.4 is 10.6 Å². The highest BCUT2D eigenvalue weighted by molar-refractivity contribution is 7.99. The summed E-state index contributed by atoms with van der Waals surface area (Å²) in [7, 11) is -3.69. The van der Waals surface area contributed by atoms with E-state index in [1.807, 2.05) is 0 Å². The van der Waals surface area contributed by atoms with Crippen molar-refractivity contribution >= 4 is 45.0 Å². The number of H-pyrrole nitrogens is 1. The Morgan fingerprint density at radius 2 is 1.89 bits per heavy atom. The molecule has 11 heteroatoms. The molecular formula is C17H19FN4O4S2. The van der Waals surface area contributed by atoms with Crippen LogP contribution in [0.15, 0.2) is 35.4 Å². The van der Waals surface area contributed by atoms with Crippen LogP contribution >= 0.6 is 11.8 Å². The van der Waals surface area contributed by atoms with Gasteiger partial charge in [0.05, 0.1) is 5.69 Å². The molecule has 8 nitrogen and oxygen atoms in total. The number of halogens is 1. The lowest BCUT2D eigenvalue weighted by Crippen LogP contribution is -2.37. The minimum absolute atomic E-state index is 0.0166. The van der Waals surface area contributed by atoms with Crippen molar-refractivity contribution in [3.63, 3.8) is 0 Å². The zero-order valence-corrected chi connectivity index (χ0v) is 16.6. The van der Waals surface area contributed by atoms with E-state index in [9.17, 15) is 22.4 Å². The van der Waals surface area contributed by atoms with Gasteiger partial charge in [0.2, 0.25) is 15.9 Å². The minimum Gasteiger partial charge on any atom is -0.356 e. The Morgan fingerprint density at radius 3 is 2.57 bits per heavy atom. The maximum absolute atomic E-state index is 14.0. The van der Waals surface area contributed by atoms with Gasteiger partial charge in [0, 0.05) is 43.4 Å². The molecule has 1 fully saturated rings. The van der Waals surface area contributed by atoms with Gasteiger partial charge in [0.15, 0.2) is 0 Å². The lowest BCUT2D eigenvalue weighted by atomic mass is 10.2. The number of aromatic amines is 1. The number of nitrogens with zero attached hydrogens (tertiary/aromatic N) is 1. The lowest BCUT2D eigenvalue weighted by molar-refractivity contribution is -0.114. The molecule has 1 aromatic heterocycles. The maximum atomic E-state index is 14.0. The molecule has 2 heterocycles. The molecule has 2 aromatic rings. The van der Waals surface area contributed by atoms with E-state index >= 15 is 0 Å². The second-order valence-corrected chi connectivity index (χ2v) is 9.26. The Hall–Kier alpha value is -2.37. The molecule has 0 saturated carbocycles. The number of anilines is 2. The molecule has 0 spiro atoms. The van der Waals surface area contributed by atoms with Crippen LogP contribution in [0.2, 0.25) is 0 Å². The summed E-state index contributed by atoms with van der Waals surface area (Å²) in [5.74, 6) is -0.275. The molecule has 1 aliphatic rings. The SMILES string of the molecule is CC(=O)Nc1ccc(F)c(NC(=O)c2cc(S(=O)(=O)N3CCSCC3)c[nH]2)c1. The van der Waals surface area contributed by atoms with Crippen LogP contribution in [-0.2, 0) is 14.8 Å². The topological polar surface area (TPSA) is 111 Å². The number of rotatable bonds is 5.